The molecule has 0 fully saturated rings. The van der Waals surface area contributed by atoms with Gasteiger partial charge in [-0.1, -0.05) is 66.7 Å². The highest BCUT2D eigenvalue weighted by atomic mass is 16.5. The van der Waals surface area contributed by atoms with Crippen molar-refractivity contribution in [1.29, 1.82) is 0 Å². The van der Waals surface area contributed by atoms with Crippen LogP contribution in [-0.2, 0) is 27.4 Å². The molecule has 0 atom stereocenters. The Labute approximate surface area is 205 Å². The molecule has 0 saturated carbocycles. The summed E-state index contributed by atoms with van der Waals surface area (Å²) < 4.78 is 11.1. The van der Waals surface area contributed by atoms with Crippen LogP contribution in [0.3, 0.4) is 0 Å². The summed E-state index contributed by atoms with van der Waals surface area (Å²) in [6, 6.07) is 26.3. The second kappa shape index (κ2) is 12.7. The van der Waals surface area contributed by atoms with Gasteiger partial charge in [0.15, 0.2) is 6.61 Å². The van der Waals surface area contributed by atoms with Crippen LogP contribution in [0.5, 0.6) is 5.75 Å². The van der Waals surface area contributed by atoms with E-state index in [-0.39, 0.29) is 6.42 Å². The summed E-state index contributed by atoms with van der Waals surface area (Å²) in [6.07, 6.45) is -0.0225. The maximum Gasteiger partial charge on any atom is 0.310 e. The van der Waals surface area contributed by atoms with Crippen molar-refractivity contribution >= 4 is 23.3 Å². The summed E-state index contributed by atoms with van der Waals surface area (Å²) in [5.74, 6) is -0.454. The quantitative estimate of drug-likeness (QED) is 0.336. The Morgan fingerprint density at radius 3 is 2.20 bits per heavy atom. The van der Waals surface area contributed by atoms with Gasteiger partial charge >= 0.3 is 5.97 Å². The number of allylic oxidation sites excluding steroid dienone is 2. The molecule has 0 radical (unpaired) electrons. The Balaban J connectivity index is 1.54. The van der Waals surface area contributed by atoms with Crippen molar-refractivity contribution in [3.8, 4) is 5.75 Å². The molecule has 7 nitrogen and oxygen atoms in total. The molecular formula is C28H29N3O4. The van der Waals surface area contributed by atoms with E-state index in [1.165, 1.54) is 0 Å². The lowest BCUT2D eigenvalue weighted by molar-refractivity contribution is -0.147. The largest absolute Gasteiger partial charge is 0.489 e. The Bertz CT molecular complexity index is 1200. The number of amides is 1. The number of rotatable bonds is 10. The molecule has 3 N–H and O–H groups in total. The van der Waals surface area contributed by atoms with Gasteiger partial charge in [-0.3, -0.25) is 14.6 Å². The molecule has 180 valence electrons. The summed E-state index contributed by atoms with van der Waals surface area (Å²) in [7, 11) is 0. The zero-order chi connectivity index (χ0) is 25.0. The van der Waals surface area contributed by atoms with Gasteiger partial charge in [0.1, 0.15) is 12.4 Å². The minimum Gasteiger partial charge on any atom is -0.489 e. The molecule has 35 heavy (non-hydrogen) atoms. The first-order valence-corrected chi connectivity index (χ1v) is 11.2. The summed E-state index contributed by atoms with van der Waals surface area (Å²) in [6.45, 7) is 3.35. The van der Waals surface area contributed by atoms with E-state index in [2.05, 4.69) is 10.3 Å². The van der Waals surface area contributed by atoms with Crippen molar-refractivity contribution in [3.05, 3.63) is 107 Å². The lowest BCUT2D eigenvalue weighted by Crippen LogP contribution is -2.32. The van der Waals surface area contributed by atoms with Crippen LogP contribution >= 0.6 is 0 Å². The first kappa shape index (κ1) is 25.2. The maximum atomic E-state index is 12.4. The second-order valence-corrected chi connectivity index (χ2v) is 7.86. The normalized spacial score (nSPS) is 11.9. The number of nitrogens with zero attached hydrogens (tertiary/aromatic N) is 1. The number of benzene rings is 3. The lowest BCUT2D eigenvalue weighted by Gasteiger charge is -2.13. The highest BCUT2D eigenvalue weighted by Crippen LogP contribution is 2.20. The Kier molecular flexibility index (Phi) is 9.19. The van der Waals surface area contributed by atoms with Crippen LogP contribution in [0.2, 0.25) is 0 Å². The summed E-state index contributed by atoms with van der Waals surface area (Å²) in [5, 5.41) is 2.69. The molecule has 0 saturated heterocycles. The van der Waals surface area contributed by atoms with Crippen molar-refractivity contribution in [3.63, 3.8) is 0 Å². The Morgan fingerprint density at radius 1 is 0.886 bits per heavy atom. The van der Waals surface area contributed by atoms with Crippen molar-refractivity contribution in [2.45, 2.75) is 26.9 Å². The molecule has 0 heterocycles. The number of nitrogens with one attached hydrogen (secondary N) is 1. The number of nitrogens with two attached hydrogens (primary N) is 1. The summed E-state index contributed by atoms with van der Waals surface area (Å²) >= 11 is 0. The van der Waals surface area contributed by atoms with E-state index in [1.54, 1.807) is 26.0 Å². The van der Waals surface area contributed by atoms with Crippen LogP contribution < -0.4 is 15.8 Å². The van der Waals surface area contributed by atoms with E-state index in [9.17, 15) is 9.59 Å². The molecule has 3 aromatic carbocycles. The molecular weight excluding hydrogens is 442 g/mol. The van der Waals surface area contributed by atoms with Gasteiger partial charge in [0.05, 0.1) is 23.5 Å². The van der Waals surface area contributed by atoms with Crippen LogP contribution in [0, 0.1) is 0 Å². The van der Waals surface area contributed by atoms with E-state index >= 15 is 0 Å². The summed E-state index contributed by atoms with van der Waals surface area (Å²) in [5.41, 5.74) is 9.70. The minimum atomic E-state index is -0.541. The highest BCUT2D eigenvalue weighted by Gasteiger charge is 2.15. The zero-order valence-electron chi connectivity index (χ0n) is 19.9. The van der Waals surface area contributed by atoms with Gasteiger partial charge in [-0.15, -0.1) is 0 Å². The number of aliphatic imine (C=N–C) groups is 1. The third-order valence-electron chi connectivity index (χ3n) is 4.98. The average Bonchev–Trinajstić information content (AvgIpc) is 2.86. The Hall–Kier alpha value is -4.39. The fourth-order valence-electron chi connectivity index (χ4n) is 3.28. The number of carbonyl (C=O) groups is 2. The molecule has 3 aromatic rings. The average molecular weight is 472 g/mol. The molecule has 3 rings (SSSR count). The van der Waals surface area contributed by atoms with Gasteiger partial charge < -0.3 is 20.5 Å². The van der Waals surface area contributed by atoms with Crippen molar-refractivity contribution < 1.29 is 19.1 Å². The van der Waals surface area contributed by atoms with E-state index in [0.717, 1.165) is 11.3 Å². The van der Waals surface area contributed by atoms with Gasteiger partial charge in [-0.2, -0.15) is 0 Å². The van der Waals surface area contributed by atoms with E-state index < -0.39 is 18.5 Å². The number of ether oxygens (including phenoxy) is 2. The van der Waals surface area contributed by atoms with Crippen molar-refractivity contribution in [2.24, 2.45) is 10.7 Å². The van der Waals surface area contributed by atoms with Crippen LogP contribution in [-0.4, -0.2) is 24.2 Å². The fourth-order valence-corrected chi connectivity index (χ4v) is 3.28. The summed E-state index contributed by atoms with van der Waals surface area (Å²) in [4.78, 5) is 29.3. The van der Waals surface area contributed by atoms with Crippen molar-refractivity contribution in [1.82, 2.24) is 5.32 Å². The van der Waals surface area contributed by atoms with Gasteiger partial charge in [0, 0.05) is 11.3 Å². The predicted molar refractivity (Wildman–Crippen MR) is 136 cm³/mol. The molecule has 1 amide bonds. The number of hydrogen-bond donors (Lipinski definition) is 2. The number of hydrogen-bond acceptors (Lipinski definition) is 6. The third-order valence-corrected chi connectivity index (χ3v) is 4.98. The molecule has 0 spiro atoms. The fraction of sp³-hybridized carbons (Fsp3) is 0.179. The van der Waals surface area contributed by atoms with Crippen LogP contribution in [0.25, 0.3) is 0 Å². The predicted octanol–water partition coefficient (Wildman–Crippen LogP) is 4.45. The SMILES string of the molecule is CC(=Nc1ccccc1)C(NC(=O)COC(=O)Cc1ccccc1OCc1ccccc1)=C(C)N. The molecule has 0 aromatic heterocycles. The Morgan fingerprint density at radius 2 is 1.51 bits per heavy atom. The first-order chi connectivity index (χ1) is 16.9. The van der Waals surface area contributed by atoms with Crippen molar-refractivity contribution in [2.75, 3.05) is 6.61 Å². The van der Waals surface area contributed by atoms with E-state index in [0.29, 0.717) is 35.0 Å². The minimum absolute atomic E-state index is 0.0225. The second-order valence-electron chi connectivity index (χ2n) is 7.86. The lowest BCUT2D eigenvalue weighted by atomic mass is 10.1. The highest BCUT2D eigenvalue weighted by molar-refractivity contribution is 6.03. The molecule has 0 aliphatic heterocycles. The van der Waals surface area contributed by atoms with Gasteiger partial charge in [-0.25, -0.2) is 0 Å². The molecule has 0 unspecified atom stereocenters. The smallest absolute Gasteiger partial charge is 0.310 e. The zero-order valence-corrected chi connectivity index (χ0v) is 19.9. The topological polar surface area (TPSA) is 103 Å². The maximum absolute atomic E-state index is 12.4. The van der Waals surface area contributed by atoms with Crippen LogP contribution in [0.4, 0.5) is 5.69 Å². The number of para-hydroxylation sites is 2. The molecule has 0 aliphatic rings. The number of carbonyl (C=O) groups excluding carboxylic acids is 2. The molecule has 0 bridgehead atoms. The van der Waals surface area contributed by atoms with Gasteiger partial charge in [-0.05, 0) is 37.6 Å². The third kappa shape index (κ3) is 8.16. The molecule has 7 heteroatoms. The van der Waals surface area contributed by atoms with Gasteiger partial charge in [0.25, 0.3) is 5.91 Å². The standard InChI is InChI=1S/C28H29N3O4/c1-20(29)28(21(2)30-24-14-7-4-8-15-24)31-26(32)19-35-27(33)17-23-13-9-10-16-25(23)34-18-22-11-5-3-6-12-22/h3-16H,17-19,29H2,1-2H3,(H,31,32). The van der Waals surface area contributed by atoms with E-state index in [4.69, 9.17) is 15.2 Å². The van der Waals surface area contributed by atoms with Crippen LogP contribution in [0.1, 0.15) is 25.0 Å². The number of esters is 1. The van der Waals surface area contributed by atoms with E-state index in [1.807, 2.05) is 72.8 Å². The molecule has 0 aliphatic carbocycles. The monoisotopic (exact) mass is 471 g/mol. The van der Waals surface area contributed by atoms with Gasteiger partial charge in [0.2, 0.25) is 0 Å². The first-order valence-electron chi connectivity index (χ1n) is 11.2. The van der Waals surface area contributed by atoms with Crippen LogP contribution in [0.15, 0.2) is 101 Å².